The summed E-state index contributed by atoms with van der Waals surface area (Å²) in [5.74, 6) is 0.00739. The number of hydrogen-bond donors (Lipinski definition) is 1. The Labute approximate surface area is 114 Å². The van der Waals surface area contributed by atoms with Gasteiger partial charge in [0.25, 0.3) is 0 Å². The Morgan fingerprint density at radius 2 is 2.11 bits per heavy atom. The summed E-state index contributed by atoms with van der Waals surface area (Å²) >= 11 is 0. The number of hydrogen-bond acceptors (Lipinski definition) is 2. The van der Waals surface area contributed by atoms with Crippen LogP contribution in [0.2, 0.25) is 0 Å². The number of nitrogens with two attached hydrogens (primary N) is 1. The average molecular weight is 262 g/mol. The van der Waals surface area contributed by atoms with E-state index in [1.165, 1.54) is 0 Å². The number of aryl methyl sites for hydroxylation is 1. The van der Waals surface area contributed by atoms with Gasteiger partial charge in [-0.25, -0.2) is 0 Å². The predicted molar refractivity (Wildman–Crippen MR) is 73.9 cm³/mol. The van der Waals surface area contributed by atoms with Crippen LogP contribution in [0.5, 0.6) is 0 Å². The zero-order chi connectivity index (χ0) is 14.0. The first kappa shape index (κ1) is 13.8. The fourth-order valence-electron chi connectivity index (χ4n) is 2.79. The summed E-state index contributed by atoms with van der Waals surface area (Å²) in [5, 5.41) is 0. The molecule has 2 N–H and O–H groups in total. The SMILES string of the molecule is CC1(C)CC(=O)c2ccn(CCCCC(N)=O)c2C1. The van der Waals surface area contributed by atoms with E-state index in [-0.39, 0.29) is 17.1 Å². The molecule has 0 radical (unpaired) electrons. The number of fused-ring (bicyclic) bond motifs is 1. The van der Waals surface area contributed by atoms with E-state index >= 15 is 0 Å². The van der Waals surface area contributed by atoms with Crippen molar-refractivity contribution in [3.05, 3.63) is 23.5 Å². The van der Waals surface area contributed by atoms with Crippen molar-refractivity contribution in [3.8, 4) is 0 Å². The molecule has 1 heterocycles. The Morgan fingerprint density at radius 3 is 2.79 bits per heavy atom. The summed E-state index contributed by atoms with van der Waals surface area (Å²) in [6, 6.07) is 1.93. The molecule has 1 aromatic heterocycles. The van der Waals surface area contributed by atoms with Crippen molar-refractivity contribution in [1.82, 2.24) is 4.57 Å². The summed E-state index contributed by atoms with van der Waals surface area (Å²) in [5.41, 5.74) is 7.21. The van der Waals surface area contributed by atoms with Crippen LogP contribution >= 0.6 is 0 Å². The summed E-state index contributed by atoms with van der Waals surface area (Å²) in [6.07, 6.45) is 5.73. The van der Waals surface area contributed by atoms with Crippen LogP contribution in [0.15, 0.2) is 12.3 Å². The third-order valence-electron chi connectivity index (χ3n) is 3.74. The molecule has 2 rings (SSSR count). The molecular weight excluding hydrogens is 240 g/mol. The van der Waals surface area contributed by atoms with Gasteiger partial charge in [0.15, 0.2) is 5.78 Å². The molecule has 0 aliphatic heterocycles. The van der Waals surface area contributed by atoms with Crippen molar-refractivity contribution in [2.45, 2.75) is 52.5 Å². The highest BCUT2D eigenvalue weighted by Crippen LogP contribution is 2.35. The van der Waals surface area contributed by atoms with E-state index in [4.69, 9.17) is 5.73 Å². The van der Waals surface area contributed by atoms with Gasteiger partial charge in [0.05, 0.1) is 0 Å². The lowest BCUT2D eigenvalue weighted by molar-refractivity contribution is -0.118. The lowest BCUT2D eigenvalue weighted by atomic mass is 9.76. The first-order valence-electron chi connectivity index (χ1n) is 6.88. The molecule has 1 amide bonds. The quantitative estimate of drug-likeness (QED) is 0.827. The molecule has 0 atom stereocenters. The lowest BCUT2D eigenvalue weighted by Crippen LogP contribution is -2.28. The Hall–Kier alpha value is -1.58. The smallest absolute Gasteiger partial charge is 0.217 e. The number of unbranched alkanes of at least 4 members (excludes halogenated alkanes) is 1. The number of ketones is 1. The molecule has 0 saturated carbocycles. The molecule has 1 aliphatic rings. The van der Waals surface area contributed by atoms with Crippen molar-refractivity contribution in [2.24, 2.45) is 11.1 Å². The molecule has 0 unspecified atom stereocenters. The van der Waals surface area contributed by atoms with Crippen molar-refractivity contribution in [2.75, 3.05) is 0 Å². The minimum Gasteiger partial charge on any atom is -0.370 e. The van der Waals surface area contributed by atoms with E-state index in [9.17, 15) is 9.59 Å². The van der Waals surface area contributed by atoms with Crippen LogP contribution in [-0.2, 0) is 17.8 Å². The molecule has 0 bridgehead atoms. The first-order chi connectivity index (χ1) is 8.89. The standard InChI is InChI=1S/C15H22N2O2/c1-15(2)9-12-11(13(18)10-15)6-8-17(12)7-4-3-5-14(16)19/h6,8H,3-5,7,9-10H2,1-2H3,(H2,16,19). The van der Waals surface area contributed by atoms with E-state index in [1.807, 2.05) is 12.3 Å². The Kier molecular flexibility index (Phi) is 3.78. The highest BCUT2D eigenvalue weighted by molar-refractivity contribution is 5.98. The molecular formula is C15H22N2O2. The number of Topliss-reactive ketones (excluding diaryl/α,β-unsaturated/α-hetero) is 1. The Bertz CT molecular complexity index is 500. The van der Waals surface area contributed by atoms with Gasteiger partial charge in [-0.05, 0) is 30.7 Å². The summed E-state index contributed by atoms with van der Waals surface area (Å²) < 4.78 is 2.16. The Balaban J connectivity index is 2.04. The summed E-state index contributed by atoms with van der Waals surface area (Å²) in [7, 11) is 0. The van der Waals surface area contributed by atoms with Gasteiger partial charge in [-0.15, -0.1) is 0 Å². The minimum atomic E-state index is -0.245. The van der Waals surface area contributed by atoms with E-state index in [0.717, 1.165) is 37.1 Å². The first-order valence-corrected chi connectivity index (χ1v) is 6.88. The Morgan fingerprint density at radius 1 is 1.37 bits per heavy atom. The van der Waals surface area contributed by atoms with Gasteiger partial charge >= 0.3 is 0 Å². The molecule has 0 spiro atoms. The second-order valence-electron chi connectivity index (χ2n) is 6.23. The van der Waals surface area contributed by atoms with Gasteiger partial charge < -0.3 is 10.3 Å². The zero-order valence-electron chi connectivity index (χ0n) is 11.7. The van der Waals surface area contributed by atoms with Gasteiger partial charge in [-0.1, -0.05) is 13.8 Å². The van der Waals surface area contributed by atoms with Crippen molar-refractivity contribution in [1.29, 1.82) is 0 Å². The molecule has 0 aromatic carbocycles. The highest BCUT2D eigenvalue weighted by atomic mass is 16.1. The van der Waals surface area contributed by atoms with E-state index < -0.39 is 0 Å². The van der Waals surface area contributed by atoms with Gasteiger partial charge in [0.2, 0.25) is 5.91 Å². The lowest BCUT2D eigenvalue weighted by Gasteiger charge is -2.29. The van der Waals surface area contributed by atoms with Gasteiger partial charge in [0, 0.05) is 36.8 Å². The third kappa shape index (κ3) is 3.25. The molecule has 104 valence electrons. The van der Waals surface area contributed by atoms with E-state index in [2.05, 4.69) is 18.4 Å². The number of aromatic nitrogens is 1. The van der Waals surface area contributed by atoms with E-state index in [1.54, 1.807) is 0 Å². The summed E-state index contributed by atoms with van der Waals surface area (Å²) in [4.78, 5) is 22.8. The normalized spacial score (nSPS) is 17.3. The van der Waals surface area contributed by atoms with Gasteiger partial charge in [-0.3, -0.25) is 9.59 Å². The van der Waals surface area contributed by atoms with Crippen LogP contribution < -0.4 is 5.73 Å². The van der Waals surface area contributed by atoms with Crippen LogP contribution in [-0.4, -0.2) is 16.3 Å². The maximum absolute atomic E-state index is 12.1. The maximum atomic E-state index is 12.1. The van der Waals surface area contributed by atoms with Crippen molar-refractivity contribution < 1.29 is 9.59 Å². The van der Waals surface area contributed by atoms with Crippen molar-refractivity contribution >= 4 is 11.7 Å². The predicted octanol–water partition coefficient (Wildman–Crippen LogP) is 2.30. The molecule has 0 fully saturated rings. The van der Waals surface area contributed by atoms with Crippen LogP contribution in [0.3, 0.4) is 0 Å². The number of amides is 1. The number of carbonyl (C=O) groups is 2. The third-order valence-corrected chi connectivity index (χ3v) is 3.74. The minimum absolute atomic E-state index is 0.0490. The fraction of sp³-hybridized carbons (Fsp3) is 0.600. The molecule has 0 saturated heterocycles. The largest absolute Gasteiger partial charge is 0.370 e. The molecule has 19 heavy (non-hydrogen) atoms. The van der Waals surface area contributed by atoms with Crippen LogP contribution in [0.1, 0.15) is 55.6 Å². The van der Waals surface area contributed by atoms with Crippen LogP contribution in [0.4, 0.5) is 0 Å². The molecule has 1 aliphatic carbocycles. The molecule has 4 nitrogen and oxygen atoms in total. The number of rotatable bonds is 5. The van der Waals surface area contributed by atoms with Crippen LogP contribution in [0, 0.1) is 5.41 Å². The number of primary amides is 1. The van der Waals surface area contributed by atoms with Gasteiger partial charge in [-0.2, -0.15) is 0 Å². The van der Waals surface area contributed by atoms with Crippen molar-refractivity contribution in [3.63, 3.8) is 0 Å². The monoisotopic (exact) mass is 262 g/mol. The summed E-state index contributed by atoms with van der Waals surface area (Å²) in [6.45, 7) is 5.13. The van der Waals surface area contributed by atoms with Gasteiger partial charge in [0.1, 0.15) is 0 Å². The molecule has 4 heteroatoms. The van der Waals surface area contributed by atoms with Crippen LogP contribution in [0.25, 0.3) is 0 Å². The zero-order valence-corrected chi connectivity index (χ0v) is 11.7. The second kappa shape index (κ2) is 5.19. The topological polar surface area (TPSA) is 65.1 Å². The second-order valence-corrected chi connectivity index (χ2v) is 6.23. The fourth-order valence-corrected chi connectivity index (χ4v) is 2.79. The van der Waals surface area contributed by atoms with E-state index in [0.29, 0.717) is 12.8 Å². The number of nitrogens with zero attached hydrogens (tertiary/aromatic N) is 1. The molecule has 1 aromatic rings. The highest BCUT2D eigenvalue weighted by Gasteiger charge is 2.32. The maximum Gasteiger partial charge on any atom is 0.217 e. The average Bonchev–Trinajstić information content (AvgIpc) is 2.66. The number of carbonyl (C=O) groups excluding carboxylic acids is 2.